The van der Waals surface area contributed by atoms with Gasteiger partial charge < -0.3 is 10.6 Å². The summed E-state index contributed by atoms with van der Waals surface area (Å²) < 4.78 is 0. The van der Waals surface area contributed by atoms with E-state index in [2.05, 4.69) is 10.6 Å². The molecule has 0 aliphatic heterocycles. The van der Waals surface area contributed by atoms with Crippen LogP contribution >= 0.6 is 0 Å². The number of hydrogen-bond acceptors (Lipinski definition) is 3. The molecule has 1 aromatic carbocycles. The molecule has 1 unspecified atom stereocenters. The maximum Gasteiger partial charge on any atom is 0.221 e. The van der Waals surface area contributed by atoms with Gasteiger partial charge in [-0.15, -0.1) is 0 Å². The predicted molar refractivity (Wildman–Crippen MR) is 72.8 cm³/mol. The molecular formula is C14H20N2O2. The molecule has 1 atom stereocenters. The zero-order valence-electron chi connectivity index (χ0n) is 11.3. The van der Waals surface area contributed by atoms with Gasteiger partial charge in [0.05, 0.1) is 6.04 Å². The van der Waals surface area contributed by atoms with Gasteiger partial charge >= 0.3 is 0 Å². The Kier molecular flexibility index (Phi) is 5.04. The Labute approximate surface area is 108 Å². The Morgan fingerprint density at radius 2 is 1.83 bits per heavy atom. The summed E-state index contributed by atoms with van der Waals surface area (Å²) in [5.41, 5.74) is 1.24. The number of carbonyl (C=O) groups excluding carboxylic acids is 2. The molecule has 0 radical (unpaired) electrons. The van der Waals surface area contributed by atoms with Crippen molar-refractivity contribution in [3.8, 4) is 0 Å². The van der Waals surface area contributed by atoms with Crippen molar-refractivity contribution in [2.75, 3.05) is 5.32 Å². The minimum absolute atomic E-state index is 0.0240. The summed E-state index contributed by atoms with van der Waals surface area (Å²) in [6, 6.07) is 6.99. The normalized spacial score (nSPS) is 12.3. The summed E-state index contributed by atoms with van der Waals surface area (Å²) in [7, 11) is 0. The summed E-state index contributed by atoms with van der Waals surface area (Å²) in [4.78, 5) is 23.1. The molecule has 0 bridgehead atoms. The summed E-state index contributed by atoms with van der Waals surface area (Å²) in [6.45, 7) is 7.28. The zero-order chi connectivity index (χ0) is 13.7. The lowest BCUT2D eigenvalue weighted by Crippen LogP contribution is -2.38. The highest BCUT2D eigenvalue weighted by Crippen LogP contribution is 2.12. The van der Waals surface area contributed by atoms with E-state index in [9.17, 15) is 9.59 Å². The molecule has 1 rings (SSSR count). The van der Waals surface area contributed by atoms with E-state index in [0.717, 1.165) is 0 Å². The maximum absolute atomic E-state index is 12.1. The zero-order valence-corrected chi connectivity index (χ0v) is 11.3. The van der Waals surface area contributed by atoms with Gasteiger partial charge in [0, 0.05) is 24.2 Å². The first kappa shape index (κ1) is 14.4. The number of nitrogens with one attached hydrogen (secondary N) is 2. The Hall–Kier alpha value is -1.68. The largest absolute Gasteiger partial charge is 0.326 e. The van der Waals surface area contributed by atoms with E-state index >= 15 is 0 Å². The highest BCUT2D eigenvalue weighted by molar-refractivity contribution is 6.01. The third kappa shape index (κ3) is 4.30. The van der Waals surface area contributed by atoms with E-state index in [1.54, 1.807) is 24.3 Å². The fourth-order valence-electron chi connectivity index (χ4n) is 1.78. The molecule has 1 amide bonds. The maximum atomic E-state index is 12.1. The van der Waals surface area contributed by atoms with Crippen LogP contribution in [-0.4, -0.2) is 23.8 Å². The van der Waals surface area contributed by atoms with Crippen molar-refractivity contribution < 1.29 is 9.59 Å². The molecule has 0 heterocycles. The van der Waals surface area contributed by atoms with Crippen molar-refractivity contribution in [3.63, 3.8) is 0 Å². The van der Waals surface area contributed by atoms with Gasteiger partial charge in [-0.3, -0.25) is 9.59 Å². The quantitative estimate of drug-likeness (QED) is 0.785. The Morgan fingerprint density at radius 3 is 2.39 bits per heavy atom. The molecule has 98 valence electrons. The van der Waals surface area contributed by atoms with Crippen LogP contribution in [-0.2, 0) is 4.79 Å². The van der Waals surface area contributed by atoms with Crippen molar-refractivity contribution in [1.29, 1.82) is 0 Å². The van der Waals surface area contributed by atoms with Crippen LogP contribution in [0.3, 0.4) is 0 Å². The van der Waals surface area contributed by atoms with Crippen LogP contribution in [0.5, 0.6) is 0 Å². The average molecular weight is 248 g/mol. The molecule has 0 saturated carbocycles. The topological polar surface area (TPSA) is 58.2 Å². The lowest BCUT2D eigenvalue weighted by atomic mass is 10.0. The number of amides is 1. The standard InChI is InChI=1S/C14H20N2O2/c1-9(2)15-10(3)14(18)12-6-5-7-13(8-12)16-11(4)17/h5-10,15H,1-4H3,(H,16,17). The number of carbonyl (C=O) groups is 2. The Balaban J connectivity index is 2.82. The lowest BCUT2D eigenvalue weighted by molar-refractivity contribution is -0.114. The van der Waals surface area contributed by atoms with Crippen LogP contribution in [0, 0.1) is 0 Å². The van der Waals surface area contributed by atoms with Crippen molar-refractivity contribution >= 4 is 17.4 Å². The van der Waals surface area contributed by atoms with Gasteiger partial charge in [0.2, 0.25) is 5.91 Å². The first-order chi connectivity index (χ1) is 8.40. The van der Waals surface area contributed by atoms with Gasteiger partial charge in [-0.05, 0) is 19.1 Å². The van der Waals surface area contributed by atoms with Crippen LogP contribution in [0.15, 0.2) is 24.3 Å². The predicted octanol–water partition coefficient (Wildman–Crippen LogP) is 2.21. The van der Waals surface area contributed by atoms with Crippen molar-refractivity contribution in [1.82, 2.24) is 5.32 Å². The second-order valence-corrected chi connectivity index (χ2v) is 4.67. The summed E-state index contributed by atoms with van der Waals surface area (Å²) in [5, 5.41) is 5.83. The van der Waals surface area contributed by atoms with Crippen LogP contribution in [0.2, 0.25) is 0 Å². The minimum Gasteiger partial charge on any atom is -0.326 e. The molecule has 2 N–H and O–H groups in total. The van der Waals surface area contributed by atoms with Gasteiger partial charge in [-0.25, -0.2) is 0 Å². The van der Waals surface area contributed by atoms with Gasteiger partial charge in [0.25, 0.3) is 0 Å². The number of Topliss-reactive ketones (excluding diaryl/α,β-unsaturated/α-hetero) is 1. The smallest absolute Gasteiger partial charge is 0.221 e. The number of anilines is 1. The van der Waals surface area contributed by atoms with Gasteiger partial charge in [0.1, 0.15) is 0 Å². The monoisotopic (exact) mass is 248 g/mol. The summed E-state index contributed by atoms with van der Waals surface area (Å²) in [6.07, 6.45) is 0. The summed E-state index contributed by atoms with van der Waals surface area (Å²) >= 11 is 0. The Morgan fingerprint density at radius 1 is 1.17 bits per heavy atom. The van der Waals surface area contributed by atoms with Gasteiger partial charge in [0.15, 0.2) is 5.78 Å². The Bertz CT molecular complexity index is 441. The van der Waals surface area contributed by atoms with Crippen LogP contribution in [0.1, 0.15) is 38.1 Å². The molecule has 0 fully saturated rings. The van der Waals surface area contributed by atoms with E-state index in [-0.39, 0.29) is 23.8 Å². The molecular weight excluding hydrogens is 228 g/mol. The van der Waals surface area contributed by atoms with E-state index in [1.807, 2.05) is 20.8 Å². The van der Waals surface area contributed by atoms with Crippen LogP contribution < -0.4 is 10.6 Å². The molecule has 0 aliphatic rings. The second kappa shape index (κ2) is 6.31. The first-order valence-electron chi connectivity index (χ1n) is 6.08. The third-order valence-electron chi connectivity index (χ3n) is 2.44. The molecule has 0 aliphatic carbocycles. The van der Waals surface area contributed by atoms with Gasteiger partial charge in [-0.2, -0.15) is 0 Å². The highest BCUT2D eigenvalue weighted by Gasteiger charge is 2.15. The van der Waals surface area contributed by atoms with Crippen LogP contribution in [0.4, 0.5) is 5.69 Å². The third-order valence-corrected chi connectivity index (χ3v) is 2.44. The number of hydrogen-bond donors (Lipinski definition) is 2. The highest BCUT2D eigenvalue weighted by atomic mass is 16.1. The van der Waals surface area contributed by atoms with E-state index in [1.165, 1.54) is 6.92 Å². The molecule has 0 aromatic heterocycles. The molecule has 4 nitrogen and oxygen atoms in total. The number of benzene rings is 1. The van der Waals surface area contributed by atoms with Crippen molar-refractivity contribution in [2.24, 2.45) is 0 Å². The first-order valence-corrected chi connectivity index (χ1v) is 6.08. The molecule has 0 saturated heterocycles. The van der Waals surface area contributed by atoms with Crippen molar-refractivity contribution in [2.45, 2.75) is 39.8 Å². The molecule has 1 aromatic rings. The second-order valence-electron chi connectivity index (χ2n) is 4.67. The average Bonchev–Trinajstić information content (AvgIpc) is 2.26. The van der Waals surface area contributed by atoms with Gasteiger partial charge in [-0.1, -0.05) is 26.0 Å². The molecule has 4 heteroatoms. The molecule has 18 heavy (non-hydrogen) atoms. The number of rotatable bonds is 5. The minimum atomic E-state index is -0.238. The SMILES string of the molecule is CC(=O)Nc1cccc(C(=O)C(C)NC(C)C)c1. The van der Waals surface area contributed by atoms with Crippen LogP contribution in [0.25, 0.3) is 0 Å². The lowest BCUT2D eigenvalue weighted by Gasteiger charge is -2.16. The van der Waals surface area contributed by atoms with E-state index < -0.39 is 0 Å². The van der Waals surface area contributed by atoms with Crippen molar-refractivity contribution in [3.05, 3.63) is 29.8 Å². The summed E-state index contributed by atoms with van der Waals surface area (Å²) in [5.74, 6) is -0.121. The van der Waals surface area contributed by atoms with E-state index in [0.29, 0.717) is 11.3 Å². The fourth-order valence-corrected chi connectivity index (χ4v) is 1.78. The molecule has 0 spiro atoms. The fraction of sp³-hybridized carbons (Fsp3) is 0.429. The van der Waals surface area contributed by atoms with E-state index in [4.69, 9.17) is 0 Å². The number of ketones is 1.